The Morgan fingerprint density at radius 1 is 1.25 bits per heavy atom. The number of anilines is 2. The van der Waals surface area contributed by atoms with Crippen molar-refractivity contribution in [1.29, 1.82) is 0 Å². The lowest BCUT2D eigenvalue weighted by molar-refractivity contribution is 0.102. The van der Waals surface area contributed by atoms with Gasteiger partial charge in [-0.25, -0.2) is 0 Å². The largest absolute Gasteiger partial charge is 0.365 e. The zero-order valence-electron chi connectivity index (χ0n) is 11.3. The van der Waals surface area contributed by atoms with Crippen molar-refractivity contribution in [1.82, 2.24) is 10.2 Å². The highest BCUT2D eigenvalue weighted by atomic mass is 16.1. The molecule has 1 amide bonds. The number of hydrogen-bond donors (Lipinski definition) is 2. The number of para-hydroxylation sites is 1. The molecule has 0 radical (unpaired) electrons. The fraction of sp³-hybridized carbons (Fsp3) is 0.133. The number of aryl methyl sites for hydroxylation is 1. The van der Waals surface area contributed by atoms with Gasteiger partial charge in [-0.15, -0.1) is 16.8 Å². The minimum Gasteiger partial charge on any atom is -0.365 e. The molecule has 102 valence electrons. The molecular weight excluding hydrogens is 252 g/mol. The van der Waals surface area contributed by atoms with E-state index < -0.39 is 0 Å². The van der Waals surface area contributed by atoms with Crippen molar-refractivity contribution < 1.29 is 4.79 Å². The number of nitrogens with zero attached hydrogens (tertiary/aromatic N) is 2. The topological polar surface area (TPSA) is 66.9 Å². The Morgan fingerprint density at radius 3 is 2.70 bits per heavy atom. The summed E-state index contributed by atoms with van der Waals surface area (Å²) in [5.41, 5.74) is 2.05. The molecule has 20 heavy (non-hydrogen) atoms. The minimum absolute atomic E-state index is 0.275. The SMILES string of the molecule is C=CCNc1ccc(C(=O)Nc2ccccc2C)nn1. The molecule has 0 aliphatic rings. The Hall–Kier alpha value is -2.69. The Balaban J connectivity index is 2.06. The number of nitrogens with one attached hydrogen (secondary N) is 2. The van der Waals surface area contributed by atoms with Gasteiger partial charge in [0.1, 0.15) is 5.82 Å². The molecule has 0 bridgehead atoms. The Labute approximate surface area is 117 Å². The van der Waals surface area contributed by atoms with Crippen LogP contribution in [0.4, 0.5) is 11.5 Å². The lowest BCUT2D eigenvalue weighted by atomic mass is 10.2. The third kappa shape index (κ3) is 3.41. The number of benzene rings is 1. The summed E-state index contributed by atoms with van der Waals surface area (Å²) in [5, 5.41) is 13.6. The van der Waals surface area contributed by atoms with E-state index in [1.54, 1.807) is 18.2 Å². The molecule has 0 saturated heterocycles. The third-order valence-corrected chi connectivity index (χ3v) is 2.72. The molecule has 2 aromatic rings. The second-order valence-corrected chi connectivity index (χ2v) is 4.24. The van der Waals surface area contributed by atoms with Gasteiger partial charge in [0.25, 0.3) is 5.91 Å². The molecule has 5 heteroatoms. The average Bonchev–Trinajstić information content (AvgIpc) is 2.48. The van der Waals surface area contributed by atoms with Crippen molar-refractivity contribution in [3.05, 3.63) is 60.3 Å². The van der Waals surface area contributed by atoms with Crippen molar-refractivity contribution in [2.24, 2.45) is 0 Å². The van der Waals surface area contributed by atoms with Crippen LogP contribution in [-0.4, -0.2) is 22.6 Å². The summed E-state index contributed by atoms with van der Waals surface area (Å²) >= 11 is 0. The van der Waals surface area contributed by atoms with E-state index in [4.69, 9.17) is 0 Å². The first-order chi connectivity index (χ1) is 9.70. The van der Waals surface area contributed by atoms with Crippen LogP contribution in [0.2, 0.25) is 0 Å². The van der Waals surface area contributed by atoms with Crippen LogP contribution in [-0.2, 0) is 0 Å². The van der Waals surface area contributed by atoms with Crippen molar-refractivity contribution in [3.8, 4) is 0 Å². The number of carbonyl (C=O) groups excluding carboxylic acids is 1. The van der Waals surface area contributed by atoms with Crippen LogP contribution in [0.5, 0.6) is 0 Å². The van der Waals surface area contributed by atoms with Gasteiger partial charge in [-0.05, 0) is 30.7 Å². The zero-order chi connectivity index (χ0) is 14.4. The van der Waals surface area contributed by atoms with Crippen molar-refractivity contribution in [2.45, 2.75) is 6.92 Å². The maximum atomic E-state index is 12.0. The smallest absolute Gasteiger partial charge is 0.276 e. The van der Waals surface area contributed by atoms with Gasteiger partial charge >= 0.3 is 0 Å². The van der Waals surface area contributed by atoms with Crippen molar-refractivity contribution in [2.75, 3.05) is 17.2 Å². The van der Waals surface area contributed by atoms with Gasteiger partial charge in [-0.3, -0.25) is 4.79 Å². The molecule has 0 spiro atoms. The fourth-order valence-corrected chi connectivity index (χ4v) is 1.62. The highest BCUT2D eigenvalue weighted by Gasteiger charge is 2.09. The minimum atomic E-state index is -0.276. The van der Waals surface area contributed by atoms with Gasteiger partial charge in [0.15, 0.2) is 5.69 Å². The Bertz CT molecular complexity index is 608. The van der Waals surface area contributed by atoms with Gasteiger partial charge in [0.05, 0.1) is 0 Å². The molecular formula is C15H16N4O. The summed E-state index contributed by atoms with van der Waals surface area (Å²) in [6, 6.07) is 10.9. The maximum absolute atomic E-state index is 12.0. The second-order valence-electron chi connectivity index (χ2n) is 4.24. The summed E-state index contributed by atoms with van der Waals surface area (Å²) < 4.78 is 0. The van der Waals surface area contributed by atoms with Crippen LogP contribution in [0.3, 0.4) is 0 Å². The molecule has 0 atom stereocenters. The monoisotopic (exact) mass is 268 g/mol. The highest BCUT2D eigenvalue weighted by Crippen LogP contribution is 2.14. The second kappa shape index (κ2) is 6.47. The van der Waals surface area contributed by atoms with Crippen LogP contribution in [0.15, 0.2) is 49.1 Å². The van der Waals surface area contributed by atoms with Crippen molar-refractivity contribution >= 4 is 17.4 Å². The average molecular weight is 268 g/mol. The van der Waals surface area contributed by atoms with E-state index in [-0.39, 0.29) is 11.6 Å². The van der Waals surface area contributed by atoms with Crippen LogP contribution in [0.25, 0.3) is 0 Å². The van der Waals surface area contributed by atoms with E-state index in [1.165, 1.54) is 0 Å². The quantitative estimate of drug-likeness (QED) is 0.818. The molecule has 5 nitrogen and oxygen atoms in total. The first kappa shape index (κ1) is 13.7. The zero-order valence-corrected chi connectivity index (χ0v) is 11.3. The summed E-state index contributed by atoms with van der Waals surface area (Å²) in [5.74, 6) is 0.333. The van der Waals surface area contributed by atoms with E-state index in [2.05, 4.69) is 27.4 Å². The van der Waals surface area contributed by atoms with Gasteiger partial charge in [0.2, 0.25) is 0 Å². The van der Waals surface area contributed by atoms with Crippen molar-refractivity contribution in [3.63, 3.8) is 0 Å². The summed E-state index contributed by atoms with van der Waals surface area (Å²) in [4.78, 5) is 12.0. The number of hydrogen-bond acceptors (Lipinski definition) is 4. The third-order valence-electron chi connectivity index (χ3n) is 2.72. The standard InChI is InChI=1S/C15H16N4O/c1-3-10-16-14-9-8-13(18-19-14)15(20)17-12-7-5-4-6-11(12)2/h3-9H,1,10H2,2H3,(H,16,19)(H,17,20). The molecule has 2 N–H and O–H groups in total. The molecule has 0 aliphatic carbocycles. The number of amides is 1. The van der Waals surface area contributed by atoms with E-state index in [0.717, 1.165) is 11.3 Å². The number of aromatic nitrogens is 2. The number of rotatable bonds is 5. The van der Waals surface area contributed by atoms with Crippen LogP contribution < -0.4 is 10.6 Å². The Kier molecular flexibility index (Phi) is 4.44. The lowest BCUT2D eigenvalue weighted by Crippen LogP contribution is -2.15. The van der Waals surface area contributed by atoms with Gasteiger partial charge in [-0.2, -0.15) is 0 Å². The highest BCUT2D eigenvalue weighted by molar-refractivity contribution is 6.03. The van der Waals surface area contributed by atoms with Gasteiger partial charge in [0, 0.05) is 12.2 Å². The van der Waals surface area contributed by atoms with E-state index in [1.807, 2.05) is 31.2 Å². The molecule has 1 aromatic carbocycles. The molecule has 0 unspecified atom stereocenters. The summed E-state index contributed by atoms with van der Waals surface area (Å²) in [6.07, 6.45) is 1.72. The van der Waals surface area contributed by atoms with Crippen LogP contribution in [0.1, 0.15) is 16.1 Å². The summed E-state index contributed by atoms with van der Waals surface area (Å²) in [6.45, 7) is 6.14. The molecule has 0 saturated carbocycles. The molecule has 0 fully saturated rings. The van der Waals surface area contributed by atoms with Crippen LogP contribution >= 0.6 is 0 Å². The van der Waals surface area contributed by atoms with E-state index >= 15 is 0 Å². The van der Waals surface area contributed by atoms with Crippen LogP contribution in [0, 0.1) is 6.92 Å². The molecule has 1 heterocycles. The van der Waals surface area contributed by atoms with E-state index in [9.17, 15) is 4.79 Å². The van der Waals surface area contributed by atoms with E-state index in [0.29, 0.717) is 12.4 Å². The number of carbonyl (C=O) groups is 1. The normalized spacial score (nSPS) is 9.85. The predicted octanol–water partition coefficient (Wildman–Crippen LogP) is 2.64. The molecule has 2 rings (SSSR count). The molecule has 0 aliphatic heterocycles. The maximum Gasteiger partial charge on any atom is 0.276 e. The first-order valence-corrected chi connectivity index (χ1v) is 6.26. The first-order valence-electron chi connectivity index (χ1n) is 6.26. The molecule has 1 aromatic heterocycles. The Morgan fingerprint density at radius 2 is 2.05 bits per heavy atom. The summed E-state index contributed by atoms with van der Waals surface area (Å²) in [7, 11) is 0. The predicted molar refractivity (Wildman–Crippen MR) is 79.9 cm³/mol. The lowest BCUT2D eigenvalue weighted by Gasteiger charge is -2.07. The fourth-order valence-electron chi connectivity index (χ4n) is 1.62. The van der Waals surface area contributed by atoms with Gasteiger partial charge < -0.3 is 10.6 Å². The van der Waals surface area contributed by atoms with Gasteiger partial charge in [-0.1, -0.05) is 24.3 Å².